The number of nitro benzene ring substituents is 2. The number of benzene rings is 2. The molecule has 0 aliphatic heterocycles. The SMILES string of the molecule is C=C(c1ccc([N+](=O)[O-])cc1)[Te](Br)(Br)C(=C)c1ccc([N+](=O)[O-])cc1. The molecule has 0 radical (unpaired) electrons. The summed E-state index contributed by atoms with van der Waals surface area (Å²) in [6.45, 7) is 8.23. The summed E-state index contributed by atoms with van der Waals surface area (Å²) >= 11 is 4.24. The van der Waals surface area contributed by atoms with Crippen molar-refractivity contribution in [2.24, 2.45) is 0 Å². The van der Waals surface area contributed by atoms with Crippen LogP contribution >= 0.6 is 25.5 Å². The molecule has 0 spiro atoms. The number of rotatable bonds is 6. The van der Waals surface area contributed by atoms with Gasteiger partial charge < -0.3 is 0 Å². The minimum absolute atomic E-state index is 0.00768. The van der Waals surface area contributed by atoms with E-state index in [-0.39, 0.29) is 11.4 Å². The van der Waals surface area contributed by atoms with Crippen LogP contribution in [-0.4, -0.2) is 23.6 Å². The molecular weight excluding hydrogens is 572 g/mol. The van der Waals surface area contributed by atoms with E-state index in [1.807, 2.05) is 0 Å². The van der Waals surface area contributed by atoms with Gasteiger partial charge in [-0.15, -0.1) is 0 Å². The van der Waals surface area contributed by atoms with E-state index in [2.05, 4.69) is 38.7 Å². The van der Waals surface area contributed by atoms with Crippen molar-refractivity contribution in [2.75, 3.05) is 0 Å². The Kier molecular flexibility index (Phi) is 6.16. The number of hydrogen-bond acceptors (Lipinski definition) is 4. The Labute approximate surface area is 159 Å². The summed E-state index contributed by atoms with van der Waals surface area (Å²) in [4.78, 5) is 20.6. The Bertz CT molecular complexity index is 793. The van der Waals surface area contributed by atoms with Crippen LogP contribution in [0.4, 0.5) is 11.4 Å². The van der Waals surface area contributed by atoms with Crippen LogP contribution in [0.15, 0.2) is 61.7 Å². The van der Waals surface area contributed by atoms with Crippen molar-refractivity contribution in [1.29, 1.82) is 0 Å². The molecule has 0 atom stereocenters. The van der Waals surface area contributed by atoms with Crippen molar-refractivity contribution in [3.05, 3.63) is 93.0 Å². The first-order chi connectivity index (χ1) is 11.6. The molecule has 2 rings (SSSR count). The second kappa shape index (κ2) is 7.79. The fraction of sp³-hybridized carbons (Fsp3) is 0. The van der Waals surface area contributed by atoms with E-state index in [9.17, 15) is 20.2 Å². The van der Waals surface area contributed by atoms with Crippen molar-refractivity contribution < 1.29 is 9.85 Å². The van der Waals surface area contributed by atoms with Crippen molar-refractivity contribution in [3.63, 3.8) is 0 Å². The summed E-state index contributed by atoms with van der Waals surface area (Å²) in [5.74, 6) is 0. The number of hydrogen-bond donors (Lipinski definition) is 0. The van der Waals surface area contributed by atoms with Gasteiger partial charge >= 0.3 is 161 Å². The van der Waals surface area contributed by atoms with E-state index < -0.39 is 23.6 Å². The van der Waals surface area contributed by atoms with Crippen molar-refractivity contribution in [2.45, 2.75) is 0 Å². The van der Waals surface area contributed by atoms with Crippen LogP contribution in [0.1, 0.15) is 11.1 Å². The van der Waals surface area contributed by atoms with Gasteiger partial charge in [-0.1, -0.05) is 0 Å². The van der Waals surface area contributed by atoms with E-state index in [4.69, 9.17) is 0 Å². The molecule has 6 nitrogen and oxygen atoms in total. The summed E-state index contributed by atoms with van der Waals surface area (Å²) in [5.41, 5.74) is 1.55. The van der Waals surface area contributed by atoms with Gasteiger partial charge in [-0.2, -0.15) is 0 Å². The zero-order chi connectivity index (χ0) is 18.8. The Morgan fingerprint density at radius 2 is 1.04 bits per heavy atom. The van der Waals surface area contributed by atoms with Gasteiger partial charge in [0, 0.05) is 0 Å². The molecule has 0 amide bonds. The average Bonchev–Trinajstić information content (AvgIpc) is 2.60. The number of non-ortho nitro benzene ring substituents is 2. The molecule has 9 heteroatoms. The van der Waals surface area contributed by atoms with Crippen molar-refractivity contribution in [3.8, 4) is 0 Å². The van der Waals surface area contributed by atoms with Crippen LogP contribution in [0.3, 0.4) is 0 Å². The Morgan fingerprint density at radius 1 is 0.760 bits per heavy atom. The van der Waals surface area contributed by atoms with Gasteiger partial charge in [0.15, 0.2) is 0 Å². The molecule has 0 aliphatic rings. The van der Waals surface area contributed by atoms with Gasteiger partial charge in [0.1, 0.15) is 0 Å². The van der Waals surface area contributed by atoms with Gasteiger partial charge in [0.2, 0.25) is 0 Å². The van der Waals surface area contributed by atoms with E-state index in [0.29, 0.717) is 0 Å². The van der Waals surface area contributed by atoms with Crippen LogP contribution in [0.2, 0.25) is 0 Å². The van der Waals surface area contributed by atoms with Crippen LogP contribution in [0, 0.1) is 20.2 Å². The first-order valence-electron chi connectivity index (χ1n) is 6.74. The van der Waals surface area contributed by atoms with Gasteiger partial charge in [0.25, 0.3) is 0 Å². The molecule has 130 valence electrons. The number of nitro groups is 2. The molecule has 25 heavy (non-hydrogen) atoms. The summed E-state index contributed by atoms with van der Waals surface area (Å²) in [5, 5.41) is 21.5. The van der Waals surface area contributed by atoms with Crippen LogP contribution in [-0.2, 0) is 0 Å². The molecule has 2 aromatic rings. The maximum absolute atomic E-state index is 10.8. The molecule has 0 saturated carbocycles. The second-order valence-electron chi connectivity index (χ2n) is 4.92. The quantitative estimate of drug-likeness (QED) is 0.254. The molecule has 0 saturated heterocycles. The van der Waals surface area contributed by atoms with Gasteiger partial charge in [-0.05, 0) is 0 Å². The Balaban J connectivity index is 2.29. The second-order valence-corrected chi connectivity index (χ2v) is 29.3. The summed E-state index contributed by atoms with van der Waals surface area (Å²) < 4.78 is 1.56. The zero-order valence-electron chi connectivity index (χ0n) is 12.7. The molecule has 0 fully saturated rings. The molecule has 0 heterocycles. The monoisotopic (exact) mass is 584 g/mol. The fourth-order valence-corrected chi connectivity index (χ4v) is 10.3. The topological polar surface area (TPSA) is 86.3 Å². The molecule has 0 bridgehead atoms. The van der Waals surface area contributed by atoms with E-state index >= 15 is 0 Å². The van der Waals surface area contributed by atoms with E-state index in [0.717, 1.165) is 18.4 Å². The van der Waals surface area contributed by atoms with Crippen LogP contribution in [0.5, 0.6) is 0 Å². The fourth-order valence-electron chi connectivity index (χ4n) is 1.98. The maximum atomic E-state index is 10.8. The van der Waals surface area contributed by atoms with Gasteiger partial charge in [0.05, 0.1) is 0 Å². The molecular formula is C16H12Br2N2O4Te. The third kappa shape index (κ3) is 4.36. The standard InChI is InChI=1S/C16H12Br2N2O4Te/c1-11(13-3-7-15(8-4-13)19(21)22)25(17,18)12(2)14-5-9-16(10-6-14)20(23)24/h3-10H,1-2H2. The number of nitrogens with zero attached hydrogens (tertiary/aromatic N) is 2. The van der Waals surface area contributed by atoms with Gasteiger partial charge in [-0.3, -0.25) is 0 Å². The summed E-state index contributed by atoms with van der Waals surface area (Å²) in [6, 6.07) is 12.3. The van der Waals surface area contributed by atoms with Gasteiger partial charge in [-0.25, -0.2) is 0 Å². The minimum atomic E-state index is -3.20. The Hall–Kier alpha value is -1.53. The van der Waals surface area contributed by atoms with Crippen molar-refractivity contribution >= 4 is 57.9 Å². The first kappa shape index (κ1) is 19.8. The number of halogens is 2. The predicted molar refractivity (Wildman–Crippen MR) is 108 cm³/mol. The Morgan fingerprint density at radius 3 is 1.28 bits per heavy atom. The van der Waals surface area contributed by atoms with E-state index in [1.54, 1.807) is 24.3 Å². The summed E-state index contributed by atoms with van der Waals surface area (Å²) in [7, 11) is 0. The average molecular weight is 584 g/mol. The third-order valence-corrected chi connectivity index (χ3v) is 18.8. The molecule has 0 aromatic heterocycles. The van der Waals surface area contributed by atoms with E-state index in [1.165, 1.54) is 24.3 Å². The molecule has 2 aromatic carbocycles. The third-order valence-electron chi connectivity index (χ3n) is 3.42. The van der Waals surface area contributed by atoms with Crippen LogP contribution < -0.4 is 0 Å². The van der Waals surface area contributed by atoms with Crippen molar-refractivity contribution in [1.82, 2.24) is 0 Å². The first-order valence-corrected chi connectivity index (χ1v) is 19.5. The van der Waals surface area contributed by atoms with Crippen LogP contribution in [0.25, 0.3) is 7.24 Å². The molecule has 0 aliphatic carbocycles. The molecule has 0 unspecified atom stereocenters. The molecule has 0 N–H and O–H groups in total. The summed E-state index contributed by atoms with van der Waals surface area (Å²) in [6.07, 6.45) is 0. The zero-order valence-corrected chi connectivity index (χ0v) is 18.2. The predicted octanol–water partition coefficient (Wildman–Crippen LogP) is 5.54. The normalized spacial score (nSPS) is 11.6.